The lowest BCUT2D eigenvalue weighted by Gasteiger charge is -2.13. The van der Waals surface area contributed by atoms with Gasteiger partial charge < -0.3 is 15.8 Å². The third-order valence-electron chi connectivity index (χ3n) is 2.99. The molecule has 3 N–H and O–H groups in total. The molecule has 0 fully saturated rings. The van der Waals surface area contributed by atoms with Gasteiger partial charge in [-0.15, -0.1) is 5.10 Å². The van der Waals surface area contributed by atoms with E-state index in [1.807, 2.05) is 26.8 Å². The van der Waals surface area contributed by atoms with Crippen molar-refractivity contribution in [3.8, 4) is 5.88 Å². The third-order valence-corrected chi connectivity index (χ3v) is 3.20. The first-order valence-corrected chi connectivity index (χ1v) is 6.93. The number of thiocarbonyl (C=S) groups is 1. The number of anilines is 2. The van der Waals surface area contributed by atoms with Gasteiger partial charge in [0, 0.05) is 6.07 Å². The molecule has 0 atom stereocenters. The fraction of sp³-hybridized carbons (Fsp3) is 0.286. The van der Waals surface area contributed by atoms with Gasteiger partial charge in [-0.2, -0.15) is 5.10 Å². The average Bonchev–Trinajstić information content (AvgIpc) is 2.45. The van der Waals surface area contributed by atoms with Crippen LogP contribution < -0.4 is 15.8 Å². The van der Waals surface area contributed by atoms with Crippen LogP contribution in [-0.4, -0.2) is 26.8 Å². The molecule has 110 valence electrons. The second-order valence-corrected chi connectivity index (χ2v) is 4.88. The minimum Gasteiger partial charge on any atom is -0.478 e. The summed E-state index contributed by atoms with van der Waals surface area (Å²) in [4.78, 5) is 4.47. The van der Waals surface area contributed by atoms with Gasteiger partial charge >= 0.3 is 0 Å². The van der Waals surface area contributed by atoms with E-state index in [-0.39, 0.29) is 4.99 Å². The van der Waals surface area contributed by atoms with Gasteiger partial charge in [-0.25, -0.2) is 4.98 Å². The Labute approximate surface area is 128 Å². The van der Waals surface area contributed by atoms with Crippen LogP contribution >= 0.6 is 12.2 Å². The number of nitrogens with two attached hydrogens (primary N) is 1. The summed E-state index contributed by atoms with van der Waals surface area (Å²) >= 11 is 5.10. The van der Waals surface area contributed by atoms with Gasteiger partial charge in [0.05, 0.1) is 29.7 Å². The predicted octanol–water partition coefficient (Wildman–Crippen LogP) is 2.26. The van der Waals surface area contributed by atoms with Gasteiger partial charge in [-0.1, -0.05) is 12.2 Å². The van der Waals surface area contributed by atoms with Crippen molar-refractivity contribution in [3.63, 3.8) is 0 Å². The standard InChI is InChI=1S/C14H17N5OS/c1-4-20-11-6-5-10(7-16-11)17-14-12(13(15)21)8(2)9(3)18-19-14/h5-7H,4H2,1-3H3,(H2,15,21)(H,17,19). The second-order valence-electron chi connectivity index (χ2n) is 4.44. The van der Waals surface area contributed by atoms with Crippen molar-refractivity contribution < 1.29 is 4.74 Å². The molecule has 0 saturated heterocycles. The van der Waals surface area contributed by atoms with Crippen LogP contribution in [-0.2, 0) is 0 Å². The number of pyridine rings is 1. The van der Waals surface area contributed by atoms with E-state index in [4.69, 9.17) is 22.7 Å². The summed E-state index contributed by atoms with van der Waals surface area (Å²) in [5.41, 5.74) is 8.96. The summed E-state index contributed by atoms with van der Waals surface area (Å²) in [6.45, 7) is 6.27. The summed E-state index contributed by atoms with van der Waals surface area (Å²) in [5, 5.41) is 11.4. The van der Waals surface area contributed by atoms with Gasteiger partial charge in [-0.05, 0) is 32.4 Å². The molecule has 0 amide bonds. The Kier molecular flexibility index (Phi) is 4.64. The third kappa shape index (κ3) is 3.43. The minimum atomic E-state index is 0.284. The average molecular weight is 303 g/mol. The molecule has 7 heteroatoms. The van der Waals surface area contributed by atoms with E-state index < -0.39 is 0 Å². The Morgan fingerprint density at radius 3 is 2.67 bits per heavy atom. The van der Waals surface area contributed by atoms with E-state index in [0.29, 0.717) is 23.9 Å². The summed E-state index contributed by atoms with van der Waals surface area (Å²) in [6.07, 6.45) is 1.66. The number of aromatic nitrogens is 3. The van der Waals surface area contributed by atoms with Gasteiger partial charge in [0.15, 0.2) is 5.82 Å². The molecule has 0 aliphatic rings. The highest BCUT2D eigenvalue weighted by atomic mass is 32.1. The molecular weight excluding hydrogens is 286 g/mol. The highest BCUT2D eigenvalue weighted by Gasteiger charge is 2.13. The molecule has 6 nitrogen and oxygen atoms in total. The minimum absolute atomic E-state index is 0.284. The molecule has 2 heterocycles. The Hall–Kier alpha value is -2.28. The lowest BCUT2D eigenvalue weighted by atomic mass is 10.1. The Balaban J connectivity index is 2.31. The van der Waals surface area contributed by atoms with Crippen LogP contribution in [0.2, 0.25) is 0 Å². The number of hydrogen-bond donors (Lipinski definition) is 2. The topological polar surface area (TPSA) is 86.0 Å². The number of rotatable bonds is 5. The Morgan fingerprint density at radius 2 is 2.10 bits per heavy atom. The lowest BCUT2D eigenvalue weighted by molar-refractivity contribution is 0.327. The summed E-state index contributed by atoms with van der Waals surface area (Å²) in [6, 6.07) is 3.62. The molecule has 0 aliphatic heterocycles. The van der Waals surface area contributed by atoms with E-state index in [2.05, 4.69) is 20.5 Å². The predicted molar refractivity (Wildman–Crippen MR) is 86.1 cm³/mol. The number of nitrogens with one attached hydrogen (secondary N) is 1. The van der Waals surface area contributed by atoms with Crippen LogP contribution in [0.15, 0.2) is 18.3 Å². The summed E-state index contributed by atoms with van der Waals surface area (Å²) in [7, 11) is 0. The number of nitrogens with zero attached hydrogens (tertiary/aromatic N) is 3. The van der Waals surface area contributed by atoms with Crippen molar-refractivity contribution in [3.05, 3.63) is 35.2 Å². The molecule has 0 aliphatic carbocycles. The van der Waals surface area contributed by atoms with Crippen molar-refractivity contribution in [2.24, 2.45) is 5.73 Å². The summed E-state index contributed by atoms with van der Waals surface area (Å²) in [5.74, 6) is 1.10. The molecule has 0 radical (unpaired) electrons. The number of aryl methyl sites for hydroxylation is 1. The SMILES string of the molecule is CCOc1ccc(Nc2nnc(C)c(C)c2C(N)=S)cn1. The van der Waals surface area contributed by atoms with Crippen LogP contribution in [0.1, 0.15) is 23.7 Å². The molecule has 2 aromatic rings. The zero-order valence-corrected chi connectivity index (χ0v) is 13.0. The monoisotopic (exact) mass is 303 g/mol. The molecule has 0 unspecified atom stereocenters. The van der Waals surface area contributed by atoms with Crippen LogP contribution in [0.5, 0.6) is 5.88 Å². The first kappa shape index (κ1) is 15.1. The molecule has 2 rings (SSSR count). The zero-order valence-electron chi connectivity index (χ0n) is 12.2. The van der Waals surface area contributed by atoms with Gasteiger partial charge in [0.25, 0.3) is 0 Å². The van der Waals surface area contributed by atoms with Crippen LogP contribution in [0, 0.1) is 13.8 Å². The van der Waals surface area contributed by atoms with E-state index in [1.54, 1.807) is 12.3 Å². The van der Waals surface area contributed by atoms with E-state index in [9.17, 15) is 0 Å². The lowest BCUT2D eigenvalue weighted by Crippen LogP contribution is -2.16. The van der Waals surface area contributed by atoms with E-state index >= 15 is 0 Å². The maximum Gasteiger partial charge on any atom is 0.213 e. The Bertz CT molecular complexity index is 657. The van der Waals surface area contributed by atoms with Crippen LogP contribution in [0.25, 0.3) is 0 Å². The maximum absolute atomic E-state index is 5.79. The number of hydrogen-bond acceptors (Lipinski definition) is 6. The first-order valence-electron chi connectivity index (χ1n) is 6.52. The van der Waals surface area contributed by atoms with Crippen molar-refractivity contribution >= 4 is 28.7 Å². The van der Waals surface area contributed by atoms with E-state index in [1.165, 1.54) is 0 Å². The molecule has 0 spiro atoms. The van der Waals surface area contributed by atoms with Crippen molar-refractivity contribution in [2.75, 3.05) is 11.9 Å². The van der Waals surface area contributed by atoms with E-state index in [0.717, 1.165) is 16.9 Å². The second kappa shape index (κ2) is 6.45. The van der Waals surface area contributed by atoms with Gasteiger partial charge in [0.1, 0.15) is 4.99 Å². The first-order chi connectivity index (χ1) is 10.0. The van der Waals surface area contributed by atoms with Gasteiger partial charge in [-0.3, -0.25) is 0 Å². The molecule has 0 saturated carbocycles. The Morgan fingerprint density at radius 1 is 1.33 bits per heavy atom. The van der Waals surface area contributed by atoms with Crippen molar-refractivity contribution in [1.82, 2.24) is 15.2 Å². The van der Waals surface area contributed by atoms with Crippen molar-refractivity contribution in [1.29, 1.82) is 0 Å². The van der Waals surface area contributed by atoms with Crippen molar-refractivity contribution in [2.45, 2.75) is 20.8 Å². The highest BCUT2D eigenvalue weighted by Crippen LogP contribution is 2.22. The molecule has 21 heavy (non-hydrogen) atoms. The quantitative estimate of drug-likeness (QED) is 0.819. The smallest absolute Gasteiger partial charge is 0.213 e. The fourth-order valence-electron chi connectivity index (χ4n) is 1.82. The maximum atomic E-state index is 5.79. The van der Waals surface area contributed by atoms with Crippen LogP contribution in [0.3, 0.4) is 0 Å². The largest absolute Gasteiger partial charge is 0.478 e. The molecule has 2 aromatic heterocycles. The number of ether oxygens (including phenoxy) is 1. The zero-order chi connectivity index (χ0) is 15.4. The summed E-state index contributed by atoms with van der Waals surface area (Å²) < 4.78 is 5.30. The fourth-order valence-corrected chi connectivity index (χ4v) is 2.07. The van der Waals surface area contributed by atoms with Crippen LogP contribution in [0.4, 0.5) is 11.5 Å². The molecule has 0 aromatic carbocycles. The molecule has 0 bridgehead atoms. The molecular formula is C14H17N5OS. The normalized spacial score (nSPS) is 10.2. The highest BCUT2D eigenvalue weighted by molar-refractivity contribution is 7.80. The van der Waals surface area contributed by atoms with Gasteiger partial charge in [0.2, 0.25) is 5.88 Å².